The summed E-state index contributed by atoms with van der Waals surface area (Å²) in [7, 11) is -3.07. The lowest BCUT2D eigenvalue weighted by molar-refractivity contribution is 0.307. The lowest BCUT2D eigenvalue weighted by Gasteiger charge is -2.32. The number of thiocarbonyl (C=S) groups is 1. The third kappa shape index (κ3) is 6.03. The Hall–Kier alpha value is -1.18. The third-order valence-electron chi connectivity index (χ3n) is 4.19. The Kier molecular flexibility index (Phi) is 7.45. The van der Waals surface area contributed by atoms with Crippen LogP contribution in [-0.2, 0) is 16.4 Å². The van der Waals surface area contributed by atoms with Crippen molar-refractivity contribution in [1.29, 1.82) is 0 Å². The minimum absolute atomic E-state index is 0.241. The van der Waals surface area contributed by atoms with Gasteiger partial charge in [-0.2, -0.15) is 0 Å². The Labute approximate surface area is 150 Å². The quantitative estimate of drug-likeness (QED) is 0.719. The zero-order chi connectivity index (χ0) is 17.4. The Balaban J connectivity index is 1.67. The number of nitrogens with one attached hydrogen (secondary N) is 2. The second-order valence-corrected chi connectivity index (χ2v) is 8.62. The number of sulfonamides is 1. The average molecular weight is 370 g/mol. The van der Waals surface area contributed by atoms with E-state index in [2.05, 4.69) is 22.8 Å². The molecule has 1 aromatic carbocycles. The summed E-state index contributed by atoms with van der Waals surface area (Å²) in [5.74, 6) is 0.241. The fourth-order valence-corrected chi connectivity index (χ4v) is 4.68. The Morgan fingerprint density at radius 2 is 1.92 bits per heavy atom. The number of nitrogens with zero attached hydrogens (tertiary/aromatic N) is 1. The molecule has 0 spiro atoms. The van der Waals surface area contributed by atoms with Gasteiger partial charge in [0, 0.05) is 25.7 Å². The predicted molar refractivity (Wildman–Crippen MR) is 103 cm³/mol. The molecule has 0 atom stereocenters. The molecule has 24 heavy (non-hydrogen) atoms. The van der Waals surface area contributed by atoms with Crippen LogP contribution < -0.4 is 10.6 Å². The van der Waals surface area contributed by atoms with Gasteiger partial charge in [-0.05, 0) is 43.5 Å². The van der Waals surface area contributed by atoms with E-state index in [9.17, 15) is 8.42 Å². The largest absolute Gasteiger partial charge is 0.362 e. The van der Waals surface area contributed by atoms with Crippen molar-refractivity contribution in [3.05, 3.63) is 35.9 Å². The van der Waals surface area contributed by atoms with E-state index < -0.39 is 10.0 Å². The molecule has 2 rings (SSSR count). The summed E-state index contributed by atoms with van der Waals surface area (Å²) in [4.78, 5) is 0. The van der Waals surface area contributed by atoms with Crippen molar-refractivity contribution >= 4 is 27.4 Å². The molecule has 1 fully saturated rings. The van der Waals surface area contributed by atoms with E-state index in [-0.39, 0.29) is 11.8 Å². The van der Waals surface area contributed by atoms with E-state index in [0.29, 0.717) is 24.6 Å². The molecule has 1 aliphatic heterocycles. The molecule has 134 valence electrons. The van der Waals surface area contributed by atoms with Gasteiger partial charge in [-0.3, -0.25) is 0 Å². The van der Waals surface area contributed by atoms with Gasteiger partial charge in [-0.15, -0.1) is 0 Å². The molecule has 0 saturated carbocycles. The average Bonchev–Trinajstić information content (AvgIpc) is 2.56. The van der Waals surface area contributed by atoms with E-state index >= 15 is 0 Å². The highest BCUT2D eigenvalue weighted by molar-refractivity contribution is 7.89. The standard InChI is InChI=1S/C17H27N3O2S2/c1-2-14-24(21,22)20-12-9-16(10-13-20)19-17(23)18-11-8-15-6-4-3-5-7-15/h3-7,16H,2,8-14H2,1H3,(H2,18,19,23). The van der Waals surface area contributed by atoms with Crippen LogP contribution in [0.5, 0.6) is 0 Å². The van der Waals surface area contributed by atoms with Crippen molar-refractivity contribution < 1.29 is 8.42 Å². The summed E-state index contributed by atoms with van der Waals surface area (Å²) >= 11 is 5.34. The first-order valence-electron chi connectivity index (χ1n) is 8.57. The molecule has 0 radical (unpaired) electrons. The SMILES string of the molecule is CCCS(=O)(=O)N1CCC(NC(=S)NCCc2ccccc2)CC1. The molecule has 2 N–H and O–H groups in total. The van der Waals surface area contributed by atoms with Gasteiger partial charge in [-0.1, -0.05) is 37.3 Å². The van der Waals surface area contributed by atoms with Crippen molar-refractivity contribution in [3.8, 4) is 0 Å². The summed E-state index contributed by atoms with van der Waals surface area (Å²) in [6.45, 7) is 3.84. The van der Waals surface area contributed by atoms with Crippen LogP contribution in [0.25, 0.3) is 0 Å². The molecular weight excluding hydrogens is 342 g/mol. The van der Waals surface area contributed by atoms with E-state index in [1.54, 1.807) is 4.31 Å². The van der Waals surface area contributed by atoms with Gasteiger partial charge in [-0.25, -0.2) is 12.7 Å². The second kappa shape index (κ2) is 9.34. The smallest absolute Gasteiger partial charge is 0.214 e. The third-order valence-corrected chi connectivity index (χ3v) is 6.52. The maximum atomic E-state index is 12.1. The number of benzene rings is 1. The lowest BCUT2D eigenvalue weighted by Crippen LogP contribution is -2.49. The zero-order valence-corrected chi connectivity index (χ0v) is 15.8. The number of piperidine rings is 1. The van der Waals surface area contributed by atoms with Gasteiger partial charge in [0.1, 0.15) is 0 Å². The lowest BCUT2D eigenvalue weighted by atomic mass is 10.1. The number of hydrogen-bond donors (Lipinski definition) is 2. The molecule has 0 amide bonds. The number of hydrogen-bond acceptors (Lipinski definition) is 3. The van der Waals surface area contributed by atoms with Crippen molar-refractivity contribution in [1.82, 2.24) is 14.9 Å². The van der Waals surface area contributed by atoms with Crippen LogP contribution >= 0.6 is 12.2 Å². The van der Waals surface area contributed by atoms with Crippen molar-refractivity contribution in [3.63, 3.8) is 0 Å². The fourth-order valence-electron chi connectivity index (χ4n) is 2.87. The molecule has 1 saturated heterocycles. The first kappa shape index (κ1) is 19.1. The highest BCUT2D eigenvalue weighted by Gasteiger charge is 2.27. The summed E-state index contributed by atoms with van der Waals surface area (Å²) in [5.41, 5.74) is 1.28. The van der Waals surface area contributed by atoms with Gasteiger partial charge < -0.3 is 10.6 Å². The monoisotopic (exact) mass is 369 g/mol. The summed E-state index contributed by atoms with van der Waals surface area (Å²) < 4.78 is 25.7. The number of rotatable bonds is 7. The Bertz CT molecular complexity index is 612. The molecule has 0 bridgehead atoms. The van der Waals surface area contributed by atoms with E-state index in [0.717, 1.165) is 25.8 Å². The summed E-state index contributed by atoms with van der Waals surface area (Å²) in [5, 5.41) is 7.19. The molecular formula is C17H27N3O2S2. The molecule has 0 unspecified atom stereocenters. The summed E-state index contributed by atoms with van der Waals surface area (Å²) in [6, 6.07) is 10.5. The molecule has 5 nitrogen and oxygen atoms in total. The van der Waals surface area contributed by atoms with Crippen LogP contribution in [0.3, 0.4) is 0 Å². The van der Waals surface area contributed by atoms with Gasteiger partial charge in [0.2, 0.25) is 10.0 Å². The highest BCUT2D eigenvalue weighted by Crippen LogP contribution is 2.15. The molecule has 0 aromatic heterocycles. The van der Waals surface area contributed by atoms with Crippen molar-refractivity contribution in [2.24, 2.45) is 0 Å². The molecule has 7 heteroatoms. The van der Waals surface area contributed by atoms with E-state index in [4.69, 9.17) is 12.2 Å². The maximum Gasteiger partial charge on any atom is 0.214 e. The van der Waals surface area contributed by atoms with Gasteiger partial charge in [0.15, 0.2) is 5.11 Å². The Morgan fingerprint density at radius 1 is 1.25 bits per heavy atom. The molecule has 1 aromatic rings. The predicted octanol–water partition coefficient (Wildman–Crippen LogP) is 1.90. The normalized spacial score (nSPS) is 16.7. The second-order valence-electron chi connectivity index (χ2n) is 6.13. The van der Waals surface area contributed by atoms with Gasteiger partial charge in [0.25, 0.3) is 0 Å². The van der Waals surface area contributed by atoms with Crippen molar-refractivity contribution in [2.75, 3.05) is 25.4 Å². The fraction of sp³-hybridized carbons (Fsp3) is 0.588. The minimum Gasteiger partial charge on any atom is -0.362 e. The van der Waals surface area contributed by atoms with Crippen LogP contribution in [0.4, 0.5) is 0 Å². The summed E-state index contributed by atoms with van der Waals surface area (Å²) in [6.07, 6.45) is 3.18. The van der Waals surface area contributed by atoms with Gasteiger partial charge in [0.05, 0.1) is 5.75 Å². The van der Waals surface area contributed by atoms with Crippen LogP contribution in [0, 0.1) is 0 Å². The molecule has 1 aliphatic rings. The van der Waals surface area contributed by atoms with Crippen LogP contribution in [0.1, 0.15) is 31.7 Å². The molecule has 0 aliphatic carbocycles. The van der Waals surface area contributed by atoms with Gasteiger partial charge >= 0.3 is 0 Å². The Morgan fingerprint density at radius 3 is 2.54 bits per heavy atom. The van der Waals surface area contributed by atoms with E-state index in [1.165, 1.54) is 5.56 Å². The van der Waals surface area contributed by atoms with E-state index in [1.807, 2.05) is 25.1 Å². The topological polar surface area (TPSA) is 61.4 Å². The van der Waals surface area contributed by atoms with Crippen LogP contribution in [0.2, 0.25) is 0 Å². The molecule has 1 heterocycles. The van der Waals surface area contributed by atoms with Crippen LogP contribution in [-0.4, -0.2) is 49.3 Å². The first-order valence-corrected chi connectivity index (χ1v) is 10.6. The van der Waals surface area contributed by atoms with Crippen molar-refractivity contribution in [2.45, 2.75) is 38.6 Å². The maximum absolute atomic E-state index is 12.1. The van der Waals surface area contributed by atoms with Crippen LogP contribution in [0.15, 0.2) is 30.3 Å². The highest BCUT2D eigenvalue weighted by atomic mass is 32.2. The zero-order valence-electron chi connectivity index (χ0n) is 14.2. The first-order chi connectivity index (χ1) is 11.5. The minimum atomic E-state index is -3.07.